The van der Waals surface area contributed by atoms with Crippen molar-refractivity contribution < 1.29 is 23.9 Å². The number of amides is 3. The first-order valence-corrected chi connectivity index (χ1v) is 14.3. The number of hydrogen-bond donors (Lipinski definition) is 2. The molecule has 2 saturated heterocycles. The molecule has 1 spiro atoms. The monoisotopic (exact) mass is 543 g/mol. The van der Waals surface area contributed by atoms with Crippen molar-refractivity contribution in [3.63, 3.8) is 0 Å². The molecule has 210 valence electrons. The Morgan fingerprint density at radius 2 is 1.88 bits per heavy atom. The Hall–Kier alpha value is -3.65. The van der Waals surface area contributed by atoms with E-state index in [-0.39, 0.29) is 30.3 Å². The van der Waals surface area contributed by atoms with Crippen molar-refractivity contribution in [3.05, 3.63) is 71.8 Å². The van der Waals surface area contributed by atoms with Crippen LogP contribution in [0.4, 0.5) is 5.69 Å². The van der Waals surface area contributed by atoms with E-state index in [0.29, 0.717) is 17.4 Å². The van der Waals surface area contributed by atoms with Crippen LogP contribution in [-0.2, 0) is 25.7 Å². The van der Waals surface area contributed by atoms with Gasteiger partial charge in [0.1, 0.15) is 17.4 Å². The fourth-order valence-electron chi connectivity index (χ4n) is 7.05. The number of nitrogens with zero attached hydrogens (tertiary/aromatic N) is 1. The SMILES string of the molecule is COc1cccc(NC(=O)C2C3C=CC4(O3)C2C(=O)N(Cc2ccc(C)cc2)C4C(=O)NC2CCCCC2C)c1. The molecule has 6 rings (SSSR count). The second-order valence-corrected chi connectivity index (χ2v) is 11.8. The van der Waals surface area contributed by atoms with E-state index >= 15 is 0 Å². The van der Waals surface area contributed by atoms with Crippen LogP contribution in [0.25, 0.3) is 0 Å². The van der Waals surface area contributed by atoms with E-state index in [4.69, 9.17) is 9.47 Å². The van der Waals surface area contributed by atoms with E-state index in [2.05, 4.69) is 17.6 Å². The van der Waals surface area contributed by atoms with E-state index in [1.807, 2.05) is 43.3 Å². The summed E-state index contributed by atoms with van der Waals surface area (Å²) in [6.07, 6.45) is 7.36. The Bertz CT molecular complexity index is 1340. The Balaban J connectivity index is 1.32. The number of rotatable bonds is 7. The average molecular weight is 544 g/mol. The molecule has 7 atom stereocenters. The number of hydrogen-bond acceptors (Lipinski definition) is 5. The van der Waals surface area contributed by atoms with Crippen molar-refractivity contribution >= 4 is 23.4 Å². The van der Waals surface area contributed by atoms with Gasteiger partial charge in [0.15, 0.2) is 0 Å². The number of likely N-dealkylation sites (tertiary alicyclic amines) is 1. The quantitative estimate of drug-likeness (QED) is 0.515. The molecule has 8 heteroatoms. The molecule has 3 amide bonds. The summed E-state index contributed by atoms with van der Waals surface area (Å²) in [5.41, 5.74) is 1.43. The van der Waals surface area contributed by atoms with Gasteiger partial charge in [0.25, 0.3) is 0 Å². The van der Waals surface area contributed by atoms with Gasteiger partial charge in [-0.3, -0.25) is 14.4 Å². The van der Waals surface area contributed by atoms with Gasteiger partial charge in [-0.05, 0) is 43.4 Å². The number of benzene rings is 2. The molecule has 2 aromatic carbocycles. The number of nitrogens with one attached hydrogen (secondary N) is 2. The van der Waals surface area contributed by atoms with Gasteiger partial charge in [0, 0.05) is 24.3 Å². The van der Waals surface area contributed by atoms with Crippen LogP contribution >= 0.6 is 0 Å². The molecule has 40 heavy (non-hydrogen) atoms. The predicted molar refractivity (Wildman–Crippen MR) is 150 cm³/mol. The Morgan fingerprint density at radius 1 is 1.10 bits per heavy atom. The normalized spacial score (nSPS) is 32.2. The molecule has 3 aliphatic heterocycles. The highest BCUT2D eigenvalue weighted by molar-refractivity contribution is 6.02. The number of carbonyl (C=O) groups excluding carboxylic acids is 3. The Morgan fingerprint density at radius 3 is 2.62 bits per heavy atom. The predicted octanol–water partition coefficient (Wildman–Crippen LogP) is 3.99. The molecule has 1 aliphatic carbocycles. The van der Waals surface area contributed by atoms with Crippen LogP contribution in [0, 0.1) is 24.7 Å². The number of fused-ring (bicyclic) bond motifs is 1. The van der Waals surface area contributed by atoms with Crippen LogP contribution in [0.1, 0.15) is 43.7 Å². The molecular weight excluding hydrogens is 506 g/mol. The highest BCUT2D eigenvalue weighted by Crippen LogP contribution is 2.55. The van der Waals surface area contributed by atoms with Gasteiger partial charge in [0.05, 0.1) is 25.0 Å². The summed E-state index contributed by atoms with van der Waals surface area (Å²) < 4.78 is 11.8. The smallest absolute Gasteiger partial charge is 0.246 e. The molecular formula is C32H37N3O5. The maximum absolute atomic E-state index is 14.2. The molecule has 2 aromatic rings. The van der Waals surface area contributed by atoms with E-state index in [1.165, 1.54) is 6.42 Å². The summed E-state index contributed by atoms with van der Waals surface area (Å²) >= 11 is 0. The van der Waals surface area contributed by atoms with Crippen molar-refractivity contribution in [2.24, 2.45) is 17.8 Å². The third-order valence-corrected chi connectivity index (χ3v) is 9.17. The summed E-state index contributed by atoms with van der Waals surface area (Å²) in [5.74, 6) is -1.30. The van der Waals surface area contributed by atoms with Gasteiger partial charge < -0.3 is 25.0 Å². The average Bonchev–Trinajstić information content (AvgIpc) is 3.59. The van der Waals surface area contributed by atoms with Crippen molar-refractivity contribution in [2.45, 2.75) is 69.9 Å². The molecule has 0 radical (unpaired) electrons. The molecule has 1 saturated carbocycles. The lowest BCUT2D eigenvalue weighted by molar-refractivity contribution is -0.142. The lowest BCUT2D eigenvalue weighted by Gasteiger charge is -2.36. The molecule has 2 N–H and O–H groups in total. The van der Waals surface area contributed by atoms with Crippen LogP contribution in [0.15, 0.2) is 60.7 Å². The zero-order valence-corrected chi connectivity index (χ0v) is 23.3. The van der Waals surface area contributed by atoms with Gasteiger partial charge in [-0.15, -0.1) is 0 Å². The van der Waals surface area contributed by atoms with Gasteiger partial charge in [-0.25, -0.2) is 0 Å². The van der Waals surface area contributed by atoms with Crippen molar-refractivity contribution in [3.8, 4) is 5.75 Å². The first-order chi connectivity index (χ1) is 19.3. The van der Waals surface area contributed by atoms with Gasteiger partial charge in [0.2, 0.25) is 17.7 Å². The van der Waals surface area contributed by atoms with Crippen LogP contribution in [0.3, 0.4) is 0 Å². The highest BCUT2D eigenvalue weighted by Gasteiger charge is 2.72. The number of carbonyl (C=O) groups is 3. The van der Waals surface area contributed by atoms with Crippen LogP contribution in [0.2, 0.25) is 0 Å². The molecule has 3 heterocycles. The molecule has 2 bridgehead atoms. The van der Waals surface area contributed by atoms with Gasteiger partial charge in [-0.2, -0.15) is 0 Å². The zero-order valence-electron chi connectivity index (χ0n) is 23.3. The number of anilines is 1. The molecule has 4 aliphatic rings. The molecule has 7 unspecified atom stereocenters. The fourth-order valence-corrected chi connectivity index (χ4v) is 7.05. The molecule has 3 fully saturated rings. The minimum Gasteiger partial charge on any atom is -0.497 e. The highest BCUT2D eigenvalue weighted by atomic mass is 16.5. The Kier molecular flexibility index (Phi) is 6.90. The second kappa shape index (κ2) is 10.4. The van der Waals surface area contributed by atoms with E-state index in [9.17, 15) is 14.4 Å². The van der Waals surface area contributed by atoms with Crippen molar-refractivity contribution in [2.75, 3.05) is 12.4 Å². The van der Waals surface area contributed by atoms with Crippen molar-refractivity contribution in [1.29, 1.82) is 0 Å². The summed E-state index contributed by atoms with van der Waals surface area (Å²) in [5, 5.41) is 6.24. The molecule has 8 nitrogen and oxygen atoms in total. The topological polar surface area (TPSA) is 97.0 Å². The van der Waals surface area contributed by atoms with Crippen LogP contribution in [0.5, 0.6) is 5.75 Å². The summed E-state index contributed by atoms with van der Waals surface area (Å²) in [7, 11) is 1.57. The van der Waals surface area contributed by atoms with E-state index in [0.717, 1.165) is 30.4 Å². The first kappa shape index (κ1) is 26.6. The summed E-state index contributed by atoms with van der Waals surface area (Å²) in [6.45, 7) is 4.45. The third-order valence-electron chi connectivity index (χ3n) is 9.17. The standard InChI is InChI=1S/C32H37N3O5/c1-19-11-13-21(14-12-19)18-35-28(30(37)34-24-10-5-4-7-20(24)2)32-16-15-25(40-32)26(27(32)31(35)38)29(36)33-22-8-6-9-23(17-22)39-3/h6,8-9,11-17,20,24-28H,4-5,7,10,18H2,1-3H3,(H,33,36)(H,34,37). The number of aryl methyl sites for hydroxylation is 1. The van der Waals surface area contributed by atoms with Gasteiger partial charge >= 0.3 is 0 Å². The van der Waals surface area contributed by atoms with Crippen LogP contribution in [-0.4, -0.2) is 53.5 Å². The largest absolute Gasteiger partial charge is 0.497 e. The maximum atomic E-state index is 14.2. The Labute approximate surface area is 235 Å². The fraction of sp³-hybridized carbons (Fsp3) is 0.469. The minimum atomic E-state index is -1.19. The molecule has 0 aromatic heterocycles. The first-order valence-electron chi connectivity index (χ1n) is 14.3. The van der Waals surface area contributed by atoms with Gasteiger partial charge in [-0.1, -0.05) is 67.8 Å². The summed E-state index contributed by atoms with van der Waals surface area (Å²) in [4.78, 5) is 43.6. The van der Waals surface area contributed by atoms with E-state index < -0.39 is 29.6 Å². The van der Waals surface area contributed by atoms with E-state index in [1.54, 1.807) is 36.3 Å². The third kappa shape index (κ3) is 4.48. The van der Waals surface area contributed by atoms with Crippen molar-refractivity contribution in [1.82, 2.24) is 10.2 Å². The maximum Gasteiger partial charge on any atom is 0.246 e. The minimum absolute atomic E-state index is 0.0581. The number of ether oxygens (including phenoxy) is 2. The lowest BCUT2D eigenvalue weighted by Crippen LogP contribution is -2.57. The lowest BCUT2D eigenvalue weighted by atomic mass is 9.74. The number of methoxy groups -OCH3 is 1. The van der Waals surface area contributed by atoms with Crippen LogP contribution < -0.4 is 15.4 Å². The zero-order chi connectivity index (χ0) is 28.0. The summed E-state index contributed by atoms with van der Waals surface area (Å²) in [6, 6.07) is 14.3. The second-order valence-electron chi connectivity index (χ2n) is 11.8.